The summed E-state index contributed by atoms with van der Waals surface area (Å²) in [5.41, 5.74) is 0.878. The van der Waals surface area contributed by atoms with E-state index in [0.29, 0.717) is 17.8 Å². The molecule has 0 saturated carbocycles. The largest absolute Gasteiger partial charge is 0.396 e. The van der Waals surface area contributed by atoms with E-state index >= 15 is 0 Å². The van der Waals surface area contributed by atoms with Gasteiger partial charge in [0.25, 0.3) is 0 Å². The average Bonchev–Trinajstić information content (AvgIpc) is 2.49. The van der Waals surface area contributed by atoms with Crippen LogP contribution in [0.25, 0.3) is 0 Å². The van der Waals surface area contributed by atoms with Crippen LogP contribution in [0.4, 0.5) is 0 Å². The van der Waals surface area contributed by atoms with Crippen molar-refractivity contribution in [3.63, 3.8) is 0 Å². The van der Waals surface area contributed by atoms with Crippen LogP contribution >= 0.6 is 11.3 Å². The summed E-state index contributed by atoms with van der Waals surface area (Å²) in [5, 5.41) is 9.38. The molecule has 0 radical (unpaired) electrons. The molecule has 0 fully saturated rings. The molecule has 0 atom stereocenters. The highest BCUT2D eigenvalue weighted by atomic mass is 32.1. The zero-order chi connectivity index (χ0) is 10.6. The van der Waals surface area contributed by atoms with Gasteiger partial charge in [-0.2, -0.15) is 0 Å². The van der Waals surface area contributed by atoms with E-state index in [1.807, 2.05) is 13.8 Å². The third kappa shape index (κ3) is 2.62. The Bertz CT molecular complexity index is 320. The molecule has 0 saturated heterocycles. The predicted octanol–water partition coefficient (Wildman–Crippen LogP) is 1.97. The fraction of sp³-hybridized carbons (Fsp3) is 0.600. The number of aromatic nitrogens is 1. The number of nitrogens with zero attached hydrogens (tertiary/aromatic N) is 1. The second-order valence-corrected chi connectivity index (χ2v) is 4.26. The first kappa shape index (κ1) is 11.3. The van der Waals surface area contributed by atoms with Crippen molar-refractivity contribution in [1.29, 1.82) is 0 Å². The average molecular weight is 213 g/mol. The van der Waals surface area contributed by atoms with Crippen molar-refractivity contribution in [2.45, 2.75) is 33.1 Å². The Morgan fingerprint density at radius 3 is 2.86 bits per heavy atom. The van der Waals surface area contributed by atoms with Crippen LogP contribution in [-0.2, 0) is 6.42 Å². The number of aliphatic hydroxyl groups excluding tert-OH is 1. The third-order valence-electron chi connectivity index (χ3n) is 1.95. The van der Waals surface area contributed by atoms with E-state index in [1.165, 1.54) is 11.3 Å². The molecule has 4 heteroatoms. The van der Waals surface area contributed by atoms with Gasteiger partial charge in [-0.3, -0.25) is 4.79 Å². The molecular weight excluding hydrogens is 198 g/mol. The Morgan fingerprint density at radius 1 is 1.57 bits per heavy atom. The van der Waals surface area contributed by atoms with Crippen molar-refractivity contribution in [2.24, 2.45) is 0 Å². The fourth-order valence-electron chi connectivity index (χ4n) is 1.21. The standard InChI is InChI=1S/C10H15NO2S/c1-3-4-8(13)10-11-7(2)9(14-10)5-6-12/h12H,3-6H2,1-2H3. The van der Waals surface area contributed by atoms with Gasteiger partial charge < -0.3 is 5.11 Å². The first-order valence-corrected chi connectivity index (χ1v) is 5.61. The molecule has 0 aliphatic heterocycles. The number of carbonyl (C=O) groups excluding carboxylic acids is 1. The number of ketones is 1. The smallest absolute Gasteiger partial charge is 0.191 e. The first-order chi connectivity index (χ1) is 6.69. The molecule has 1 aromatic rings. The Balaban J connectivity index is 2.79. The van der Waals surface area contributed by atoms with Crippen molar-refractivity contribution < 1.29 is 9.90 Å². The summed E-state index contributed by atoms with van der Waals surface area (Å²) in [6.45, 7) is 3.97. The molecule has 0 aromatic carbocycles. The maximum absolute atomic E-state index is 11.5. The summed E-state index contributed by atoms with van der Waals surface area (Å²) in [4.78, 5) is 16.7. The fourth-order valence-corrected chi connectivity index (χ4v) is 2.23. The van der Waals surface area contributed by atoms with E-state index in [-0.39, 0.29) is 12.4 Å². The topological polar surface area (TPSA) is 50.2 Å². The van der Waals surface area contributed by atoms with Crippen LogP contribution in [0.1, 0.15) is 40.1 Å². The van der Waals surface area contributed by atoms with Gasteiger partial charge in [-0.1, -0.05) is 6.92 Å². The molecular formula is C10H15NO2S. The number of aryl methyl sites for hydroxylation is 1. The Labute approximate surface area is 87.8 Å². The van der Waals surface area contributed by atoms with Crippen LogP contribution in [0.15, 0.2) is 0 Å². The zero-order valence-electron chi connectivity index (χ0n) is 8.54. The molecule has 78 valence electrons. The normalized spacial score (nSPS) is 10.5. The molecule has 0 unspecified atom stereocenters. The van der Waals surface area contributed by atoms with Gasteiger partial charge in [-0.25, -0.2) is 4.98 Å². The van der Waals surface area contributed by atoms with Crippen LogP contribution < -0.4 is 0 Å². The van der Waals surface area contributed by atoms with Crippen molar-refractivity contribution in [2.75, 3.05) is 6.61 Å². The SMILES string of the molecule is CCCC(=O)c1nc(C)c(CCO)s1. The molecule has 14 heavy (non-hydrogen) atoms. The number of carbonyl (C=O) groups is 1. The molecule has 1 N–H and O–H groups in total. The summed E-state index contributed by atoms with van der Waals surface area (Å²) in [5.74, 6) is 0.116. The zero-order valence-corrected chi connectivity index (χ0v) is 9.36. The van der Waals surface area contributed by atoms with Crippen molar-refractivity contribution in [1.82, 2.24) is 4.98 Å². The van der Waals surface area contributed by atoms with E-state index in [0.717, 1.165) is 17.0 Å². The summed E-state index contributed by atoms with van der Waals surface area (Å²) in [7, 11) is 0. The Hall–Kier alpha value is -0.740. The second-order valence-electron chi connectivity index (χ2n) is 3.17. The van der Waals surface area contributed by atoms with Gasteiger partial charge in [-0.05, 0) is 13.3 Å². The predicted molar refractivity (Wildman–Crippen MR) is 56.9 cm³/mol. The van der Waals surface area contributed by atoms with Gasteiger partial charge in [0, 0.05) is 24.3 Å². The van der Waals surface area contributed by atoms with Gasteiger partial charge in [0.2, 0.25) is 0 Å². The quantitative estimate of drug-likeness (QED) is 0.761. The first-order valence-electron chi connectivity index (χ1n) is 4.79. The van der Waals surface area contributed by atoms with E-state index in [9.17, 15) is 4.79 Å². The van der Waals surface area contributed by atoms with Gasteiger partial charge >= 0.3 is 0 Å². The molecule has 1 aromatic heterocycles. The number of hydrogen-bond acceptors (Lipinski definition) is 4. The molecule has 1 rings (SSSR count). The van der Waals surface area contributed by atoms with Crippen molar-refractivity contribution in [3.8, 4) is 0 Å². The van der Waals surface area contributed by atoms with Crippen LogP contribution in [-0.4, -0.2) is 22.5 Å². The van der Waals surface area contributed by atoms with E-state index < -0.39 is 0 Å². The minimum atomic E-state index is 0.116. The number of rotatable bonds is 5. The minimum absolute atomic E-state index is 0.116. The van der Waals surface area contributed by atoms with Crippen molar-refractivity contribution >= 4 is 17.1 Å². The highest BCUT2D eigenvalue weighted by molar-refractivity contribution is 7.13. The third-order valence-corrected chi connectivity index (χ3v) is 3.21. The lowest BCUT2D eigenvalue weighted by Gasteiger charge is -1.91. The Kier molecular flexibility index (Phi) is 4.22. The Morgan fingerprint density at radius 2 is 2.29 bits per heavy atom. The molecule has 0 spiro atoms. The maximum Gasteiger partial charge on any atom is 0.191 e. The van der Waals surface area contributed by atoms with Crippen LogP contribution in [0, 0.1) is 6.92 Å². The van der Waals surface area contributed by atoms with Gasteiger partial charge in [-0.15, -0.1) is 11.3 Å². The number of thiazole rings is 1. The summed E-state index contributed by atoms with van der Waals surface area (Å²) < 4.78 is 0. The van der Waals surface area contributed by atoms with E-state index in [1.54, 1.807) is 0 Å². The summed E-state index contributed by atoms with van der Waals surface area (Å²) in [6, 6.07) is 0. The molecule has 0 bridgehead atoms. The lowest BCUT2D eigenvalue weighted by molar-refractivity contribution is 0.0981. The number of aliphatic hydroxyl groups is 1. The summed E-state index contributed by atoms with van der Waals surface area (Å²) in [6.07, 6.45) is 2.02. The molecule has 0 amide bonds. The minimum Gasteiger partial charge on any atom is -0.396 e. The van der Waals surface area contributed by atoms with Gasteiger partial charge in [0.05, 0.1) is 5.69 Å². The molecule has 3 nitrogen and oxygen atoms in total. The van der Waals surface area contributed by atoms with Crippen LogP contribution in [0.5, 0.6) is 0 Å². The van der Waals surface area contributed by atoms with Gasteiger partial charge in [0.1, 0.15) is 0 Å². The van der Waals surface area contributed by atoms with Crippen LogP contribution in [0.3, 0.4) is 0 Å². The highest BCUT2D eigenvalue weighted by Crippen LogP contribution is 2.20. The molecule has 0 aliphatic rings. The maximum atomic E-state index is 11.5. The highest BCUT2D eigenvalue weighted by Gasteiger charge is 2.12. The lowest BCUT2D eigenvalue weighted by atomic mass is 10.2. The van der Waals surface area contributed by atoms with Gasteiger partial charge in [0.15, 0.2) is 10.8 Å². The number of hydrogen-bond donors (Lipinski definition) is 1. The van der Waals surface area contributed by atoms with E-state index in [2.05, 4.69) is 4.98 Å². The monoisotopic (exact) mass is 213 g/mol. The van der Waals surface area contributed by atoms with E-state index in [4.69, 9.17) is 5.11 Å². The number of Topliss-reactive ketones (excluding diaryl/α,β-unsaturated/α-hetero) is 1. The van der Waals surface area contributed by atoms with Crippen molar-refractivity contribution in [3.05, 3.63) is 15.6 Å². The lowest BCUT2D eigenvalue weighted by Crippen LogP contribution is -1.96. The second kappa shape index (κ2) is 5.22. The van der Waals surface area contributed by atoms with Crippen LogP contribution in [0.2, 0.25) is 0 Å². The molecule has 0 aliphatic carbocycles. The summed E-state index contributed by atoms with van der Waals surface area (Å²) >= 11 is 1.41. The molecule has 1 heterocycles.